The summed E-state index contributed by atoms with van der Waals surface area (Å²) >= 11 is 0.704. The first-order chi connectivity index (χ1) is 11.1. The van der Waals surface area contributed by atoms with Crippen molar-refractivity contribution in [1.29, 1.82) is 0 Å². The third-order valence-corrected chi connectivity index (χ3v) is 3.74. The summed E-state index contributed by atoms with van der Waals surface area (Å²) in [7, 11) is 0. The van der Waals surface area contributed by atoms with Crippen LogP contribution in [0.15, 0.2) is 65.5 Å². The average Bonchev–Trinajstić information content (AvgIpc) is 2.96. The van der Waals surface area contributed by atoms with Gasteiger partial charge in [-0.05, 0) is 35.6 Å². The number of aromatic nitrogens is 2. The maximum absolute atomic E-state index is 12.2. The van der Waals surface area contributed by atoms with Crippen LogP contribution in [0.3, 0.4) is 0 Å². The Labute approximate surface area is 135 Å². The topological polar surface area (TPSA) is 81.1 Å². The van der Waals surface area contributed by atoms with E-state index >= 15 is 0 Å². The van der Waals surface area contributed by atoms with Crippen molar-refractivity contribution in [1.82, 2.24) is 9.78 Å². The molecule has 0 aliphatic rings. The second kappa shape index (κ2) is 6.37. The molecule has 2 aromatic carbocycles. The van der Waals surface area contributed by atoms with E-state index < -0.39 is 16.7 Å². The summed E-state index contributed by atoms with van der Waals surface area (Å²) in [6.07, 6.45) is 0. The second-order valence-electron chi connectivity index (χ2n) is 4.58. The minimum absolute atomic E-state index is 0.0770. The minimum Gasteiger partial charge on any atom is -0.296 e. The molecule has 1 aromatic heterocycles. The smallest absolute Gasteiger partial charge is 0.296 e. The van der Waals surface area contributed by atoms with Crippen molar-refractivity contribution in [2.75, 3.05) is 5.32 Å². The molecule has 23 heavy (non-hydrogen) atoms. The number of hydrogen-bond donors (Lipinski definition) is 1. The van der Waals surface area contributed by atoms with Crippen LogP contribution in [-0.4, -0.2) is 21.6 Å². The molecule has 1 amide bonds. The van der Waals surface area contributed by atoms with Gasteiger partial charge in [-0.3, -0.25) is 19.7 Å². The molecule has 0 bridgehead atoms. The number of rotatable bonds is 3. The van der Waals surface area contributed by atoms with Crippen molar-refractivity contribution >= 4 is 28.3 Å². The van der Waals surface area contributed by atoms with E-state index in [0.717, 1.165) is 4.68 Å². The van der Waals surface area contributed by atoms with Crippen molar-refractivity contribution in [3.8, 4) is 0 Å². The number of nitrogens with zero attached hydrogens (tertiary/aromatic N) is 2. The summed E-state index contributed by atoms with van der Waals surface area (Å²) < 4.78 is 0.751. The summed E-state index contributed by atoms with van der Waals surface area (Å²) in [6, 6.07) is 16.9. The van der Waals surface area contributed by atoms with Crippen molar-refractivity contribution in [3.05, 3.63) is 81.5 Å². The van der Waals surface area contributed by atoms with Crippen molar-refractivity contribution in [2.24, 2.45) is 0 Å². The third kappa shape index (κ3) is 3.24. The van der Waals surface area contributed by atoms with Crippen molar-refractivity contribution < 1.29 is 9.59 Å². The molecule has 0 fully saturated rings. The van der Waals surface area contributed by atoms with Gasteiger partial charge >= 0.3 is 4.87 Å². The van der Waals surface area contributed by atoms with Gasteiger partial charge in [-0.1, -0.05) is 36.4 Å². The molecule has 0 atom stereocenters. The molecular formula is C16H11N3O3S. The lowest BCUT2D eigenvalue weighted by Crippen LogP contribution is -2.24. The van der Waals surface area contributed by atoms with Crippen molar-refractivity contribution in [3.63, 3.8) is 0 Å². The Hall–Kier alpha value is -3.06. The predicted molar refractivity (Wildman–Crippen MR) is 86.9 cm³/mol. The molecule has 3 aromatic rings. The zero-order chi connectivity index (χ0) is 16.2. The molecule has 114 valence electrons. The number of nitrogens with one attached hydrogen (secondary N) is 1. The average molecular weight is 325 g/mol. The predicted octanol–water partition coefficient (Wildman–Crippen LogP) is 2.25. The Bertz CT molecular complexity index is 901. The van der Waals surface area contributed by atoms with Gasteiger partial charge in [-0.2, -0.15) is 0 Å². The zero-order valence-electron chi connectivity index (χ0n) is 11.8. The second-order valence-corrected chi connectivity index (χ2v) is 5.52. The van der Waals surface area contributed by atoms with Gasteiger partial charge in [0.05, 0.1) is 0 Å². The number of benzene rings is 2. The van der Waals surface area contributed by atoms with E-state index in [9.17, 15) is 14.4 Å². The molecule has 1 N–H and O–H groups in total. The lowest BCUT2D eigenvalue weighted by Gasteiger charge is -2.01. The van der Waals surface area contributed by atoms with E-state index in [0.29, 0.717) is 22.5 Å². The highest BCUT2D eigenvalue weighted by atomic mass is 32.1. The van der Waals surface area contributed by atoms with Crippen LogP contribution in [-0.2, 0) is 0 Å². The van der Waals surface area contributed by atoms with E-state index in [1.165, 1.54) is 0 Å². The minimum atomic E-state index is -0.554. The number of anilines is 1. The molecule has 0 aliphatic carbocycles. The highest BCUT2D eigenvalue weighted by Gasteiger charge is 2.16. The first-order valence-electron chi connectivity index (χ1n) is 6.71. The zero-order valence-corrected chi connectivity index (χ0v) is 12.6. The van der Waals surface area contributed by atoms with Crippen LogP contribution in [0.2, 0.25) is 0 Å². The SMILES string of the molecule is O=C(Nc1nn(C(=O)c2ccccc2)c(=O)s1)c1ccccc1. The van der Waals surface area contributed by atoms with Gasteiger partial charge in [0.2, 0.25) is 5.13 Å². The summed E-state index contributed by atoms with van der Waals surface area (Å²) in [5, 5.41) is 6.49. The quantitative estimate of drug-likeness (QED) is 0.801. The van der Waals surface area contributed by atoms with E-state index in [2.05, 4.69) is 10.4 Å². The van der Waals surface area contributed by atoms with Crippen molar-refractivity contribution in [2.45, 2.75) is 0 Å². The maximum atomic E-state index is 12.2. The van der Waals surface area contributed by atoms with Crippen LogP contribution in [0.4, 0.5) is 5.13 Å². The number of hydrogen-bond acceptors (Lipinski definition) is 5. The van der Waals surface area contributed by atoms with Crippen LogP contribution in [0.1, 0.15) is 20.7 Å². The molecule has 0 unspecified atom stereocenters. The normalized spacial score (nSPS) is 10.3. The fourth-order valence-corrected chi connectivity index (χ4v) is 2.56. The highest BCUT2D eigenvalue weighted by molar-refractivity contribution is 7.13. The first-order valence-corrected chi connectivity index (χ1v) is 7.53. The Balaban J connectivity index is 1.83. The summed E-state index contributed by atoms with van der Waals surface area (Å²) in [5.74, 6) is -0.925. The standard InChI is InChI=1S/C16H11N3O3S/c20-13(11-7-3-1-4-8-11)17-15-18-19(16(22)23-15)14(21)12-9-5-2-6-10-12/h1-10H,(H,17,18,20). The largest absolute Gasteiger partial charge is 0.334 e. The van der Waals surface area contributed by atoms with Gasteiger partial charge in [-0.15, -0.1) is 9.78 Å². The molecule has 6 nitrogen and oxygen atoms in total. The summed E-state index contributed by atoms with van der Waals surface area (Å²) in [4.78, 5) is 35.6. The number of carbonyl (C=O) groups excluding carboxylic acids is 2. The molecule has 1 heterocycles. The van der Waals surface area contributed by atoms with Gasteiger partial charge < -0.3 is 0 Å². The Morgan fingerprint density at radius 2 is 1.48 bits per heavy atom. The Morgan fingerprint density at radius 1 is 0.913 bits per heavy atom. The molecule has 0 saturated heterocycles. The molecule has 0 spiro atoms. The molecule has 0 saturated carbocycles. The van der Waals surface area contributed by atoms with Crippen LogP contribution in [0, 0.1) is 0 Å². The fourth-order valence-electron chi connectivity index (χ4n) is 1.92. The first kappa shape index (κ1) is 14.9. The van der Waals surface area contributed by atoms with Crippen LogP contribution in [0.25, 0.3) is 0 Å². The van der Waals surface area contributed by atoms with Gasteiger partial charge in [0, 0.05) is 11.1 Å². The van der Waals surface area contributed by atoms with Crippen LogP contribution in [0.5, 0.6) is 0 Å². The monoisotopic (exact) mass is 325 g/mol. The fraction of sp³-hybridized carbons (Fsp3) is 0. The van der Waals surface area contributed by atoms with Gasteiger partial charge in [0.25, 0.3) is 11.8 Å². The third-order valence-electron chi connectivity index (χ3n) is 3.02. The molecule has 3 rings (SSSR count). The Morgan fingerprint density at radius 3 is 2.09 bits per heavy atom. The summed E-state index contributed by atoms with van der Waals surface area (Å²) in [6.45, 7) is 0. The van der Waals surface area contributed by atoms with E-state index in [4.69, 9.17) is 0 Å². The highest BCUT2D eigenvalue weighted by Crippen LogP contribution is 2.10. The molecule has 0 radical (unpaired) electrons. The number of amides is 1. The lowest BCUT2D eigenvalue weighted by molar-refractivity contribution is 0.0940. The Kier molecular flexibility index (Phi) is 4.11. The molecular weight excluding hydrogens is 314 g/mol. The summed E-state index contributed by atoms with van der Waals surface area (Å²) in [5.41, 5.74) is 0.789. The lowest BCUT2D eigenvalue weighted by atomic mass is 10.2. The van der Waals surface area contributed by atoms with Crippen LogP contribution >= 0.6 is 11.3 Å². The maximum Gasteiger partial charge on any atom is 0.334 e. The number of carbonyl (C=O) groups is 2. The van der Waals surface area contributed by atoms with Gasteiger partial charge in [0.1, 0.15) is 0 Å². The van der Waals surface area contributed by atoms with Gasteiger partial charge in [0.15, 0.2) is 0 Å². The molecule has 0 aliphatic heterocycles. The molecule has 7 heteroatoms. The van der Waals surface area contributed by atoms with E-state index in [1.807, 2.05) is 0 Å². The van der Waals surface area contributed by atoms with E-state index in [-0.39, 0.29) is 5.13 Å². The van der Waals surface area contributed by atoms with E-state index in [1.54, 1.807) is 60.7 Å². The van der Waals surface area contributed by atoms with Gasteiger partial charge in [-0.25, -0.2) is 0 Å². The van der Waals surface area contributed by atoms with Crippen LogP contribution < -0.4 is 10.2 Å².